The third-order valence-electron chi connectivity index (χ3n) is 5.06. The van der Waals surface area contributed by atoms with Gasteiger partial charge in [-0.3, -0.25) is 9.69 Å². The van der Waals surface area contributed by atoms with Gasteiger partial charge < -0.3 is 9.64 Å². The first-order valence-electron chi connectivity index (χ1n) is 9.37. The molecule has 2 atom stereocenters. The highest BCUT2D eigenvalue weighted by molar-refractivity contribution is 5.78. The summed E-state index contributed by atoms with van der Waals surface area (Å²) in [6.07, 6.45) is 0. The molecule has 1 heterocycles. The molecule has 5 nitrogen and oxygen atoms in total. The minimum absolute atomic E-state index is 0.0517. The minimum atomic E-state index is -0.235. The van der Waals surface area contributed by atoms with Gasteiger partial charge in [0.1, 0.15) is 11.6 Å². The Morgan fingerprint density at radius 1 is 1.18 bits per heavy atom. The van der Waals surface area contributed by atoms with Crippen molar-refractivity contribution in [2.45, 2.75) is 32.5 Å². The van der Waals surface area contributed by atoms with E-state index in [1.165, 1.54) is 12.1 Å². The summed E-state index contributed by atoms with van der Waals surface area (Å²) in [5.74, 6) is 0.215. The van der Waals surface area contributed by atoms with E-state index >= 15 is 0 Å². The Bertz CT molecular complexity index is 863. The molecule has 1 aliphatic rings. The number of carbonyl (C=O) groups is 1. The van der Waals surface area contributed by atoms with Crippen molar-refractivity contribution in [1.82, 2.24) is 9.80 Å². The van der Waals surface area contributed by atoms with Gasteiger partial charge in [-0.15, -0.1) is 0 Å². The molecule has 1 saturated heterocycles. The lowest BCUT2D eigenvalue weighted by Gasteiger charge is -2.44. The van der Waals surface area contributed by atoms with Crippen molar-refractivity contribution in [2.75, 3.05) is 19.7 Å². The van der Waals surface area contributed by atoms with Crippen LogP contribution in [0.3, 0.4) is 0 Å². The fraction of sp³-hybridized carbons (Fsp3) is 0.364. The molecule has 28 heavy (non-hydrogen) atoms. The molecule has 3 rings (SSSR count). The number of nitrogens with zero attached hydrogens (tertiary/aromatic N) is 3. The lowest BCUT2D eigenvalue weighted by atomic mass is 10.1. The highest BCUT2D eigenvalue weighted by atomic mass is 19.1. The van der Waals surface area contributed by atoms with Gasteiger partial charge in [0, 0.05) is 31.7 Å². The number of amides is 1. The van der Waals surface area contributed by atoms with Crippen molar-refractivity contribution in [1.29, 1.82) is 5.26 Å². The molecule has 0 unspecified atom stereocenters. The quantitative estimate of drug-likeness (QED) is 0.798. The summed E-state index contributed by atoms with van der Waals surface area (Å²) in [5, 5.41) is 8.95. The molecule has 6 heteroatoms. The normalized spacial score (nSPS) is 19.9. The molecule has 1 fully saturated rings. The van der Waals surface area contributed by atoms with Gasteiger partial charge in [0.15, 0.2) is 6.61 Å². The van der Waals surface area contributed by atoms with Crippen LogP contribution in [0.2, 0.25) is 0 Å². The molecule has 0 radical (unpaired) electrons. The summed E-state index contributed by atoms with van der Waals surface area (Å²) in [6, 6.07) is 15.6. The molecule has 146 valence electrons. The maximum atomic E-state index is 13.1. The molecule has 0 N–H and O–H groups in total. The van der Waals surface area contributed by atoms with Crippen molar-refractivity contribution in [2.24, 2.45) is 0 Å². The van der Waals surface area contributed by atoms with E-state index in [-0.39, 0.29) is 30.4 Å². The number of carbonyl (C=O) groups excluding carboxylic acids is 1. The third kappa shape index (κ3) is 4.87. The number of rotatable bonds is 5. The maximum absolute atomic E-state index is 13.1. The fourth-order valence-corrected chi connectivity index (χ4v) is 3.47. The monoisotopic (exact) mass is 381 g/mol. The largest absolute Gasteiger partial charge is 0.484 e. The number of benzene rings is 2. The molecular weight excluding hydrogens is 357 g/mol. The van der Waals surface area contributed by atoms with Crippen LogP contribution >= 0.6 is 0 Å². The van der Waals surface area contributed by atoms with Crippen molar-refractivity contribution < 1.29 is 13.9 Å². The van der Waals surface area contributed by atoms with Gasteiger partial charge in [0.05, 0.1) is 11.6 Å². The second kappa shape index (κ2) is 8.85. The summed E-state index contributed by atoms with van der Waals surface area (Å²) in [5.41, 5.74) is 1.56. The van der Waals surface area contributed by atoms with Crippen LogP contribution in [0.4, 0.5) is 4.39 Å². The van der Waals surface area contributed by atoms with E-state index in [4.69, 9.17) is 10.00 Å². The molecule has 0 aromatic heterocycles. The number of hydrogen-bond donors (Lipinski definition) is 0. The van der Waals surface area contributed by atoms with Crippen LogP contribution in [0.5, 0.6) is 5.75 Å². The van der Waals surface area contributed by atoms with Crippen LogP contribution in [0.15, 0.2) is 48.5 Å². The number of piperazine rings is 1. The first kappa shape index (κ1) is 19.8. The molecule has 0 bridgehead atoms. The topological polar surface area (TPSA) is 56.6 Å². The lowest BCUT2D eigenvalue weighted by molar-refractivity contribution is -0.139. The Labute approximate surface area is 164 Å². The molecule has 0 saturated carbocycles. The molecule has 2 aromatic carbocycles. The summed E-state index contributed by atoms with van der Waals surface area (Å²) in [4.78, 5) is 16.8. The van der Waals surface area contributed by atoms with Crippen molar-refractivity contribution in [3.05, 3.63) is 65.5 Å². The van der Waals surface area contributed by atoms with E-state index in [1.807, 2.05) is 11.8 Å². The molecular formula is C22H24FN3O2. The van der Waals surface area contributed by atoms with Gasteiger partial charge in [0.25, 0.3) is 5.91 Å². The summed E-state index contributed by atoms with van der Waals surface area (Å²) in [7, 11) is 0. The van der Waals surface area contributed by atoms with Crippen LogP contribution in [0.1, 0.15) is 25.0 Å². The second-order valence-electron chi connectivity index (χ2n) is 7.23. The van der Waals surface area contributed by atoms with Crippen LogP contribution in [0.25, 0.3) is 0 Å². The number of hydrogen-bond acceptors (Lipinski definition) is 4. The first-order valence-corrected chi connectivity index (χ1v) is 9.37. The van der Waals surface area contributed by atoms with E-state index in [0.29, 0.717) is 17.9 Å². The van der Waals surface area contributed by atoms with Crippen molar-refractivity contribution in [3.63, 3.8) is 0 Å². The fourth-order valence-electron chi connectivity index (χ4n) is 3.47. The smallest absolute Gasteiger partial charge is 0.260 e. The highest BCUT2D eigenvalue weighted by Crippen LogP contribution is 2.19. The van der Waals surface area contributed by atoms with Gasteiger partial charge >= 0.3 is 0 Å². The van der Waals surface area contributed by atoms with Crippen molar-refractivity contribution in [3.8, 4) is 11.8 Å². The number of nitriles is 1. The molecule has 1 amide bonds. The SMILES string of the molecule is C[C@@H]1CN(Cc2ccc(F)cc2)[C@@H](C)CN1C(=O)COc1cccc(C#N)c1. The average molecular weight is 381 g/mol. The standard InChI is InChI=1S/C22H24FN3O2/c1-16-13-26(22(27)15-28-21-5-3-4-19(10-21)11-24)17(2)12-25(16)14-18-6-8-20(23)9-7-18/h3-10,16-17H,12-15H2,1-2H3/t16-,17+/m0/s1. The molecule has 2 aromatic rings. The van der Waals surface area contributed by atoms with Gasteiger partial charge in [-0.05, 0) is 49.7 Å². The first-order chi connectivity index (χ1) is 13.5. The average Bonchev–Trinajstić information content (AvgIpc) is 2.70. The zero-order valence-corrected chi connectivity index (χ0v) is 16.1. The zero-order valence-electron chi connectivity index (χ0n) is 16.1. The Morgan fingerprint density at radius 3 is 2.64 bits per heavy atom. The Kier molecular flexibility index (Phi) is 6.27. The Balaban J connectivity index is 1.56. The summed E-state index contributed by atoms with van der Waals surface area (Å²) in [6.45, 7) is 6.15. The molecule has 0 spiro atoms. The van der Waals surface area contributed by atoms with Crippen molar-refractivity contribution >= 4 is 5.91 Å². The Morgan fingerprint density at radius 2 is 1.93 bits per heavy atom. The zero-order chi connectivity index (χ0) is 20.1. The van der Waals surface area contributed by atoms with E-state index in [1.54, 1.807) is 36.4 Å². The number of halogens is 1. The van der Waals surface area contributed by atoms with Crippen LogP contribution in [-0.2, 0) is 11.3 Å². The van der Waals surface area contributed by atoms with Crippen LogP contribution < -0.4 is 4.74 Å². The van der Waals surface area contributed by atoms with Crippen LogP contribution in [-0.4, -0.2) is 47.5 Å². The highest BCUT2D eigenvalue weighted by Gasteiger charge is 2.32. The predicted octanol–water partition coefficient (Wildman–Crippen LogP) is 3.20. The van der Waals surface area contributed by atoms with E-state index in [9.17, 15) is 9.18 Å². The van der Waals surface area contributed by atoms with E-state index < -0.39 is 0 Å². The second-order valence-corrected chi connectivity index (χ2v) is 7.23. The lowest BCUT2D eigenvalue weighted by Crippen LogP contribution is -2.58. The summed E-state index contributed by atoms with van der Waals surface area (Å²) < 4.78 is 18.7. The Hall–Kier alpha value is -2.91. The third-order valence-corrected chi connectivity index (χ3v) is 5.06. The predicted molar refractivity (Wildman–Crippen MR) is 104 cm³/mol. The maximum Gasteiger partial charge on any atom is 0.260 e. The van der Waals surface area contributed by atoms with Gasteiger partial charge in [-0.25, -0.2) is 4.39 Å². The van der Waals surface area contributed by atoms with Gasteiger partial charge in [0.2, 0.25) is 0 Å². The van der Waals surface area contributed by atoms with Crippen LogP contribution in [0, 0.1) is 17.1 Å². The minimum Gasteiger partial charge on any atom is -0.484 e. The molecule has 1 aliphatic heterocycles. The van der Waals surface area contributed by atoms with Gasteiger partial charge in [-0.1, -0.05) is 18.2 Å². The van der Waals surface area contributed by atoms with Gasteiger partial charge in [-0.2, -0.15) is 5.26 Å². The van der Waals surface area contributed by atoms with E-state index in [0.717, 1.165) is 18.7 Å². The summed E-state index contributed by atoms with van der Waals surface area (Å²) >= 11 is 0. The molecule has 0 aliphatic carbocycles. The van der Waals surface area contributed by atoms with E-state index in [2.05, 4.69) is 17.9 Å². The number of ether oxygens (including phenoxy) is 1.